The topological polar surface area (TPSA) is 61.7 Å². The monoisotopic (exact) mass is 433 g/mol. The third-order valence-corrected chi connectivity index (χ3v) is 7.17. The fourth-order valence-corrected chi connectivity index (χ4v) is 5.26. The second-order valence-electron chi connectivity index (χ2n) is 8.47. The van der Waals surface area contributed by atoms with Crippen LogP contribution in [0.2, 0.25) is 0 Å². The Bertz CT molecular complexity index is 829. The zero-order valence-corrected chi connectivity index (χ0v) is 19.0. The average Bonchev–Trinajstić information content (AvgIpc) is 2.75. The Morgan fingerprint density at radius 2 is 1.77 bits per heavy atom. The van der Waals surface area contributed by atoms with Crippen LogP contribution < -0.4 is 15.3 Å². The lowest BCUT2D eigenvalue weighted by molar-refractivity contribution is 0.241. The number of ether oxygens (including phenoxy) is 1. The fourth-order valence-electron chi connectivity index (χ4n) is 4.51. The van der Waals surface area contributed by atoms with Crippen molar-refractivity contribution in [1.29, 1.82) is 0 Å². The molecule has 0 radical (unpaired) electrons. The van der Waals surface area contributed by atoms with Gasteiger partial charge in [-0.25, -0.2) is 4.39 Å². The Morgan fingerprint density at radius 1 is 1.10 bits per heavy atom. The van der Waals surface area contributed by atoms with Crippen LogP contribution in [-0.4, -0.2) is 10.1 Å². The Hall–Kier alpha value is -1.52. The fraction of sp³-hybridized carbons (Fsp3) is 0.500. The van der Waals surface area contributed by atoms with E-state index in [1.54, 1.807) is 24.3 Å². The summed E-state index contributed by atoms with van der Waals surface area (Å²) in [4.78, 5) is 9.82. The predicted octanol–water partition coefficient (Wildman–Crippen LogP) is 6.61. The number of unbranched alkanes of at least 4 members (excludes halogenated alkanes) is 1. The third kappa shape index (κ3) is 5.59. The Balaban J connectivity index is 1.69. The molecule has 0 bridgehead atoms. The summed E-state index contributed by atoms with van der Waals surface area (Å²) in [5.41, 5.74) is 2.61. The summed E-state index contributed by atoms with van der Waals surface area (Å²) in [6.45, 7) is 5.93. The third-order valence-electron chi connectivity index (χ3n) is 6.24. The molecule has 4 nitrogen and oxygen atoms in total. The van der Waals surface area contributed by atoms with Crippen LogP contribution in [0.3, 0.4) is 0 Å². The van der Waals surface area contributed by atoms with E-state index in [4.69, 9.17) is 9.94 Å². The van der Waals surface area contributed by atoms with Crippen molar-refractivity contribution in [1.82, 2.24) is 5.25 Å². The molecule has 3 rings (SSSR count). The highest BCUT2D eigenvalue weighted by Gasteiger charge is 2.23. The van der Waals surface area contributed by atoms with Gasteiger partial charge < -0.3 is 14.8 Å². The highest BCUT2D eigenvalue weighted by Crippen LogP contribution is 2.39. The van der Waals surface area contributed by atoms with Crippen molar-refractivity contribution in [3.63, 3.8) is 0 Å². The van der Waals surface area contributed by atoms with E-state index < -0.39 is 8.30 Å². The van der Waals surface area contributed by atoms with Crippen LogP contribution in [0.25, 0.3) is 0 Å². The molecule has 30 heavy (non-hydrogen) atoms. The molecule has 0 amide bonds. The molecular formula is C24H33FNO3P. The molecule has 0 spiro atoms. The number of halogens is 1. The molecule has 1 fully saturated rings. The normalized spacial score (nSPS) is 20.2. The number of aryl methyl sites for hydroxylation is 2. The molecule has 0 heterocycles. The van der Waals surface area contributed by atoms with E-state index in [9.17, 15) is 9.28 Å². The molecule has 1 saturated carbocycles. The standard InChI is InChI=1S/C24H33FNO3P/c1-4-5-6-18-7-9-19(10-8-18)20-11-12-23(22(25)15-20)29-24-16(2)13-21(14-17(24)3)30(28)26-27/h11-15,18-19,26-28H,4-10H2,1-3H3. The second-order valence-corrected chi connectivity index (χ2v) is 9.81. The first-order chi connectivity index (χ1) is 14.4. The highest BCUT2D eigenvalue weighted by atomic mass is 31.2. The summed E-state index contributed by atoms with van der Waals surface area (Å²) in [5.74, 6) is 1.71. The lowest BCUT2D eigenvalue weighted by atomic mass is 9.77. The van der Waals surface area contributed by atoms with Gasteiger partial charge in [0.15, 0.2) is 19.9 Å². The molecule has 6 heteroatoms. The van der Waals surface area contributed by atoms with Gasteiger partial charge >= 0.3 is 0 Å². The van der Waals surface area contributed by atoms with E-state index in [1.165, 1.54) is 32.1 Å². The Kier molecular flexibility index (Phi) is 8.24. The van der Waals surface area contributed by atoms with Gasteiger partial charge in [-0.05, 0) is 92.3 Å². The van der Waals surface area contributed by atoms with E-state index >= 15 is 0 Å². The quantitative estimate of drug-likeness (QED) is 0.324. The van der Waals surface area contributed by atoms with E-state index in [-0.39, 0.29) is 11.6 Å². The minimum atomic E-state index is -1.83. The number of rotatable bonds is 8. The first kappa shape index (κ1) is 23.1. The van der Waals surface area contributed by atoms with Crippen molar-refractivity contribution in [2.24, 2.45) is 5.92 Å². The van der Waals surface area contributed by atoms with Gasteiger partial charge in [-0.3, -0.25) is 0 Å². The van der Waals surface area contributed by atoms with Gasteiger partial charge in [0.1, 0.15) is 5.75 Å². The summed E-state index contributed by atoms with van der Waals surface area (Å²) in [6, 6.07) is 8.83. The largest absolute Gasteiger partial charge is 0.454 e. The highest BCUT2D eigenvalue weighted by molar-refractivity contribution is 7.57. The molecule has 164 valence electrons. The van der Waals surface area contributed by atoms with E-state index in [0.29, 0.717) is 17.0 Å². The molecule has 0 aliphatic heterocycles. The predicted molar refractivity (Wildman–Crippen MR) is 120 cm³/mol. The lowest BCUT2D eigenvalue weighted by Crippen LogP contribution is -2.13. The van der Waals surface area contributed by atoms with Gasteiger partial charge in [-0.1, -0.05) is 32.3 Å². The van der Waals surface area contributed by atoms with Gasteiger partial charge in [0.05, 0.1) is 0 Å². The summed E-state index contributed by atoms with van der Waals surface area (Å²) in [5, 5.41) is 11.4. The lowest BCUT2D eigenvalue weighted by Gasteiger charge is -2.29. The summed E-state index contributed by atoms with van der Waals surface area (Å²) < 4.78 is 20.8. The van der Waals surface area contributed by atoms with Crippen LogP contribution in [0.1, 0.15) is 74.5 Å². The van der Waals surface area contributed by atoms with Crippen molar-refractivity contribution in [2.45, 2.75) is 71.6 Å². The van der Waals surface area contributed by atoms with Crippen molar-refractivity contribution >= 4 is 13.6 Å². The maximum absolute atomic E-state index is 14.9. The van der Waals surface area contributed by atoms with E-state index in [0.717, 1.165) is 35.4 Å². The first-order valence-corrected chi connectivity index (χ1v) is 12.2. The Labute approximate surface area is 180 Å². The molecule has 1 aliphatic carbocycles. The van der Waals surface area contributed by atoms with Crippen molar-refractivity contribution in [3.05, 3.63) is 52.8 Å². The summed E-state index contributed by atoms with van der Waals surface area (Å²) >= 11 is 0. The zero-order chi connectivity index (χ0) is 21.7. The SMILES string of the molecule is CCCCC1CCC(c2ccc(Oc3c(C)cc(P(O)NO)cc3C)c(F)c2)CC1. The van der Waals surface area contributed by atoms with Crippen molar-refractivity contribution in [2.75, 3.05) is 0 Å². The second kappa shape index (κ2) is 10.7. The van der Waals surface area contributed by atoms with Gasteiger partial charge in [-0.15, -0.1) is 0 Å². The Morgan fingerprint density at radius 3 is 2.33 bits per heavy atom. The van der Waals surface area contributed by atoms with E-state index in [2.05, 4.69) is 6.92 Å². The van der Waals surface area contributed by atoms with Gasteiger partial charge in [0.25, 0.3) is 0 Å². The zero-order valence-electron chi connectivity index (χ0n) is 18.1. The van der Waals surface area contributed by atoms with Gasteiger partial charge in [0.2, 0.25) is 0 Å². The van der Waals surface area contributed by atoms with E-state index in [1.807, 2.05) is 25.2 Å². The summed E-state index contributed by atoms with van der Waals surface area (Å²) in [7, 11) is -1.83. The number of hydrogen-bond donors (Lipinski definition) is 3. The summed E-state index contributed by atoms with van der Waals surface area (Å²) in [6.07, 6.45) is 8.65. The number of benzene rings is 2. The molecule has 2 aromatic carbocycles. The van der Waals surface area contributed by atoms with Crippen LogP contribution in [-0.2, 0) is 0 Å². The minimum absolute atomic E-state index is 0.209. The van der Waals surface area contributed by atoms with Gasteiger partial charge in [-0.2, -0.15) is 5.25 Å². The van der Waals surface area contributed by atoms with Crippen LogP contribution >= 0.6 is 8.30 Å². The molecule has 0 aromatic heterocycles. The maximum atomic E-state index is 14.9. The number of hydrogen-bond acceptors (Lipinski definition) is 4. The van der Waals surface area contributed by atoms with Crippen molar-refractivity contribution < 1.29 is 19.2 Å². The molecule has 3 N–H and O–H groups in total. The smallest absolute Gasteiger partial charge is 0.166 e. The minimum Gasteiger partial charge on any atom is -0.454 e. The van der Waals surface area contributed by atoms with Gasteiger partial charge in [0, 0.05) is 5.30 Å². The molecule has 1 atom stereocenters. The maximum Gasteiger partial charge on any atom is 0.166 e. The first-order valence-electron chi connectivity index (χ1n) is 10.9. The molecule has 2 aromatic rings. The van der Waals surface area contributed by atoms with Crippen LogP contribution in [0.5, 0.6) is 11.5 Å². The van der Waals surface area contributed by atoms with Crippen LogP contribution in [0.15, 0.2) is 30.3 Å². The van der Waals surface area contributed by atoms with Crippen LogP contribution in [0.4, 0.5) is 4.39 Å². The number of nitrogens with one attached hydrogen (secondary N) is 1. The molecule has 1 unspecified atom stereocenters. The van der Waals surface area contributed by atoms with Crippen LogP contribution in [0, 0.1) is 25.6 Å². The molecule has 1 aliphatic rings. The average molecular weight is 434 g/mol. The molecule has 0 saturated heterocycles. The molecular weight excluding hydrogens is 400 g/mol. The van der Waals surface area contributed by atoms with Crippen molar-refractivity contribution in [3.8, 4) is 11.5 Å².